The molecule has 18 heavy (non-hydrogen) atoms. The standard InChI is InChI=1S/C12H21F3N2O/c1-9-5-4-6-10(17-9)11(18)16-8-3-2-7-12(13,14)15/h9-10,17H,2-8H2,1H3,(H,16,18). The van der Waals surface area contributed by atoms with Crippen LogP contribution >= 0.6 is 0 Å². The highest BCUT2D eigenvalue weighted by molar-refractivity contribution is 5.81. The maximum absolute atomic E-state index is 11.9. The summed E-state index contributed by atoms with van der Waals surface area (Å²) in [4.78, 5) is 11.7. The summed E-state index contributed by atoms with van der Waals surface area (Å²) in [5.41, 5.74) is 0. The minimum Gasteiger partial charge on any atom is -0.355 e. The number of nitrogens with one attached hydrogen (secondary N) is 2. The Hall–Kier alpha value is -0.780. The van der Waals surface area contributed by atoms with Gasteiger partial charge in [0.25, 0.3) is 0 Å². The maximum Gasteiger partial charge on any atom is 0.389 e. The van der Waals surface area contributed by atoms with E-state index in [9.17, 15) is 18.0 Å². The lowest BCUT2D eigenvalue weighted by Gasteiger charge is -2.27. The Bertz CT molecular complexity index is 269. The number of carbonyl (C=O) groups is 1. The second-order valence-electron chi connectivity index (χ2n) is 4.91. The summed E-state index contributed by atoms with van der Waals surface area (Å²) >= 11 is 0. The van der Waals surface area contributed by atoms with E-state index in [1.165, 1.54) is 0 Å². The first-order chi connectivity index (χ1) is 8.38. The van der Waals surface area contributed by atoms with Gasteiger partial charge in [-0.25, -0.2) is 0 Å². The third-order valence-corrected chi connectivity index (χ3v) is 3.12. The molecule has 0 aliphatic carbocycles. The Kier molecular flexibility index (Phi) is 5.91. The number of carbonyl (C=O) groups excluding carboxylic acids is 1. The van der Waals surface area contributed by atoms with Crippen molar-refractivity contribution in [2.24, 2.45) is 0 Å². The zero-order valence-corrected chi connectivity index (χ0v) is 10.6. The molecule has 1 heterocycles. The molecule has 0 aromatic rings. The lowest BCUT2D eigenvalue weighted by molar-refractivity contribution is -0.135. The molecule has 1 aliphatic rings. The number of amides is 1. The van der Waals surface area contributed by atoms with E-state index in [-0.39, 0.29) is 18.4 Å². The second-order valence-corrected chi connectivity index (χ2v) is 4.91. The predicted molar refractivity (Wildman–Crippen MR) is 63.2 cm³/mol. The van der Waals surface area contributed by atoms with Crippen LogP contribution in [0.5, 0.6) is 0 Å². The third kappa shape index (κ3) is 6.23. The zero-order valence-electron chi connectivity index (χ0n) is 10.6. The summed E-state index contributed by atoms with van der Waals surface area (Å²) in [5, 5.41) is 5.88. The average molecular weight is 266 g/mol. The van der Waals surface area contributed by atoms with Gasteiger partial charge in [0.1, 0.15) is 0 Å². The van der Waals surface area contributed by atoms with E-state index in [1.54, 1.807) is 0 Å². The van der Waals surface area contributed by atoms with E-state index in [1.807, 2.05) is 6.92 Å². The Morgan fingerprint density at radius 3 is 2.67 bits per heavy atom. The molecule has 2 atom stereocenters. The first-order valence-corrected chi connectivity index (χ1v) is 6.49. The summed E-state index contributed by atoms with van der Waals surface area (Å²) in [6.45, 7) is 2.35. The summed E-state index contributed by atoms with van der Waals surface area (Å²) in [6, 6.07) is 0.149. The molecule has 0 saturated carbocycles. The van der Waals surface area contributed by atoms with Crippen LogP contribution in [0.1, 0.15) is 45.4 Å². The molecule has 1 fully saturated rings. The SMILES string of the molecule is CC1CCCC(C(=O)NCCCCC(F)(F)F)N1. The van der Waals surface area contributed by atoms with E-state index in [0.29, 0.717) is 19.0 Å². The van der Waals surface area contributed by atoms with Crippen LogP contribution in [-0.2, 0) is 4.79 Å². The van der Waals surface area contributed by atoms with Crippen molar-refractivity contribution in [2.75, 3.05) is 6.54 Å². The van der Waals surface area contributed by atoms with Crippen LogP contribution in [0.4, 0.5) is 13.2 Å². The van der Waals surface area contributed by atoms with Gasteiger partial charge in [0.05, 0.1) is 6.04 Å². The van der Waals surface area contributed by atoms with Gasteiger partial charge in [0.2, 0.25) is 5.91 Å². The number of unbranched alkanes of at least 4 members (excludes halogenated alkanes) is 1. The van der Waals surface area contributed by atoms with Crippen LogP contribution < -0.4 is 10.6 Å². The van der Waals surface area contributed by atoms with Crippen molar-refractivity contribution in [1.29, 1.82) is 0 Å². The van der Waals surface area contributed by atoms with Gasteiger partial charge in [-0.2, -0.15) is 13.2 Å². The van der Waals surface area contributed by atoms with Gasteiger partial charge in [-0.3, -0.25) is 4.79 Å². The van der Waals surface area contributed by atoms with Gasteiger partial charge < -0.3 is 10.6 Å². The van der Waals surface area contributed by atoms with E-state index in [0.717, 1.165) is 19.3 Å². The molecule has 3 nitrogen and oxygen atoms in total. The molecule has 1 rings (SSSR count). The molecular weight excluding hydrogens is 245 g/mol. The molecular formula is C12H21F3N2O. The van der Waals surface area contributed by atoms with Crippen molar-refractivity contribution >= 4 is 5.91 Å². The summed E-state index contributed by atoms with van der Waals surface area (Å²) < 4.78 is 35.6. The second kappa shape index (κ2) is 6.97. The molecule has 0 spiro atoms. The molecule has 0 bridgehead atoms. The summed E-state index contributed by atoms with van der Waals surface area (Å²) in [6.07, 6.45) is -1.55. The van der Waals surface area contributed by atoms with Crippen molar-refractivity contribution in [3.05, 3.63) is 0 Å². The predicted octanol–water partition coefficient (Wildman–Crippen LogP) is 2.37. The van der Waals surface area contributed by atoms with E-state index in [4.69, 9.17) is 0 Å². The molecule has 0 radical (unpaired) electrons. The van der Waals surface area contributed by atoms with Crippen molar-refractivity contribution in [2.45, 2.75) is 63.7 Å². The highest BCUT2D eigenvalue weighted by atomic mass is 19.4. The van der Waals surface area contributed by atoms with Crippen LogP contribution in [0.2, 0.25) is 0 Å². The molecule has 0 aromatic carbocycles. The number of hydrogen-bond donors (Lipinski definition) is 2. The fraction of sp³-hybridized carbons (Fsp3) is 0.917. The number of halogens is 3. The normalized spacial score (nSPS) is 24.9. The maximum atomic E-state index is 11.9. The quantitative estimate of drug-likeness (QED) is 0.750. The van der Waals surface area contributed by atoms with Crippen LogP contribution in [0, 0.1) is 0 Å². The van der Waals surface area contributed by atoms with Crippen LogP contribution in [0.25, 0.3) is 0 Å². The number of hydrogen-bond acceptors (Lipinski definition) is 2. The van der Waals surface area contributed by atoms with E-state index < -0.39 is 12.6 Å². The van der Waals surface area contributed by atoms with Gasteiger partial charge in [-0.1, -0.05) is 0 Å². The summed E-state index contributed by atoms with van der Waals surface area (Å²) in [5.74, 6) is -0.0893. The molecule has 6 heteroatoms. The molecule has 1 aliphatic heterocycles. The van der Waals surface area contributed by atoms with Gasteiger partial charge in [-0.05, 0) is 39.0 Å². The monoisotopic (exact) mass is 266 g/mol. The lowest BCUT2D eigenvalue weighted by atomic mass is 9.99. The van der Waals surface area contributed by atoms with Crippen LogP contribution in [0.3, 0.4) is 0 Å². The van der Waals surface area contributed by atoms with Gasteiger partial charge in [-0.15, -0.1) is 0 Å². The van der Waals surface area contributed by atoms with Crippen molar-refractivity contribution in [3.8, 4) is 0 Å². The van der Waals surface area contributed by atoms with Crippen LogP contribution in [-0.4, -0.2) is 30.7 Å². The minimum atomic E-state index is -4.09. The Balaban J connectivity index is 2.10. The number of rotatable bonds is 5. The molecule has 2 unspecified atom stereocenters. The summed E-state index contributed by atoms with van der Waals surface area (Å²) in [7, 11) is 0. The lowest BCUT2D eigenvalue weighted by Crippen LogP contribution is -2.50. The first kappa shape index (κ1) is 15.3. The Morgan fingerprint density at radius 2 is 2.06 bits per heavy atom. The fourth-order valence-corrected chi connectivity index (χ4v) is 2.13. The third-order valence-electron chi connectivity index (χ3n) is 3.12. The highest BCUT2D eigenvalue weighted by Gasteiger charge is 2.26. The smallest absolute Gasteiger partial charge is 0.355 e. The Labute approximate surface area is 106 Å². The fourth-order valence-electron chi connectivity index (χ4n) is 2.13. The Morgan fingerprint density at radius 1 is 1.33 bits per heavy atom. The molecule has 106 valence electrons. The van der Waals surface area contributed by atoms with Gasteiger partial charge in [0, 0.05) is 19.0 Å². The topological polar surface area (TPSA) is 41.1 Å². The van der Waals surface area contributed by atoms with E-state index >= 15 is 0 Å². The molecule has 0 aromatic heterocycles. The van der Waals surface area contributed by atoms with Crippen molar-refractivity contribution in [1.82, 2.24) is 10.6 Å². The van der Waals surface area contributed by atoms with Gasteiger partial charge in [0.15, 0.2) is 0 Å². The largest absolute Gasteiger partial charge is 0.389 e. The highest BCUT2D eigenvalue weighted by Crippen LogP contribution is 2.21. The number of alkyl halides is 3. The van der Waals surface area contributed by atoms with E-state index in [2.05, 4.69) is 10.6 Å². The molecule has 2 N–H and O–H groups in total. The van der Waals surface area contributed by atoms with Crippen molar-refractivity contribution < 1.29 is 18.0 Å². The molecule has 1 saturated heterocycles. The minimum absolute atomic E-state index is 0.0677. The van der Waals surface area contributed by atoms with Crippen molar-refractivity contribution in [3.63, 3.8) is 0 Å². The van der Waals surface area contributed by atoms with Gasteiger partial charge >= 0.3 is 6.18 Å². The van der Waals surface area contributed by atoms with Crippen LogP contribution in [0.15, 0.2) is 0 Å². The zero-order chi connectivity index (χ0) is 13.6. The number of piperidine rings is 1. The molecule has 1 amide bonds. The average Bonchev–Trinajstić information content (AvgIpc) is 2.26. The first-order valence-electron chi connectivity index (χ1n) is 6.49.